The normalized spacial score (nSPS) is 11.2. The molecule has 3 heteroatoms. The number of benzene rings is 1. The van der Waals surface area contributed by atoms with Crippen molar-refractivity contribution in [2.45, 2.75) is 20.3 Å². The molecule has 0 spiro atoms. The number of aromatic carboxylic acids is 1. The molecule has 0 atom stereocenters. The van der Waals surface area contributed by atoms with Crippen LogP contribution in [0.1, 0.15) is 30.6 Å². The second-order valence-electron chi connectivity index (χ2n) is 3.01. The molecule has 0 aliphatic carbocycles. The predicted molar refractivity (Wildman–Crippen MR) is 58.1 cm³/mol. The molecule has 0 heterocycles. The monoisotopic (exact) mass is 206 g/mol. The van der Waals surface area contributed by atoms with E-state index in [1.807, 2.05) is 19.9 Å². The fourth-order valence-electron chi connectivity index (χ4n) is 1.21. The lowest BCUT2D eigenvalue weighted by Crippen LogP contribution is -2.02. The molecule has 1 N–H and O–H groups in total. The lowest BCUT2D eigenvalue weighted by Gasteiger charge is -2.09. The van der Waals surface area contributed by atoms with Crippen LogP contribution in [-0.2, 0) is 0 Å². The fourth-order valence-corrected chi connectivity index (χ4v) is 1.21. The van der Waals surface area contributed by atoms with E-state index in [0.29, 0.717) is 5.75 Å². The topological polar surface area (TPSA) is 46.5 Å². The zero-order chi connectivity index (χ0) is 11.3. The fraction of sp³-hybridized carbons (Fsp3) is 0.250. The van der Waals surface area contributed by atoms with Crippen LogP contribution in [0.25, 0.3) is 0 Å². The van der Waals surface area contributed by atoms with Gasteiger partial charge < -0.3 is 9.84 Å². The van der Waals surface area contributed by atoms with Gasteiger partial charge in [-0.15, -0.1) is 0 Å². The first-order valence-electron chi connectivity index (χ1n) is 4.84. The molecule has 1 aromatic rings. The van der Waals surface area contributed by atoms with E-state index in [9.17, 15) is 4.79 Å². The number of allylic oxidation sites excluding steroid dienone is 2. The minimum absolute atomic E-state index is 0.185. The summed E-state index contributed by atoms with van der Waals surface area (Å²) in [4.78, 5) is 10.9. The molecule has 0 saturated carbocycles. The number of carboxylic acid groups (broad SMARTS) is 1. The number of carbonyl (C=O) groups is 1. The molecule has 1 aromatic carbocycles. The molecule has 15 heavy (non-hydrogen) atoms. The maximum Gasteiger partial charge on any atom is 0.339 e. The second kappa shape index (κ2) is 5.20. The van der Waals surface area contributed by atoms with Crippen LogP contribution in [0.2, 0.25) is 0 Å². The van der Waals surface area contributed by atoms with Crippen molar-refractivity contribution in [1.29, 1.82) is 0 Å². The number of hydrogen-bond acceptors (Lipinski definition) is 2. The van der Waals surface area contributed by atoms with Gasteiger partial charge in [0.25, 0.3) is 0 Å². The summed E-state index contributed by atoms with van der Waals surface area (Å²) in [5.74, 6) is 0.181. The van der Waals surface area contributed by atoms with Crippen molar-refractivity contribution >= 4 is 5.97 Å². The zero-order valence-electron chi connectivity index (χ0n) is 8.86. The third-order valence-electron chi connectivity index (χ3n) is 2.03. The average molecular weight is 206 g/mol. The standard InChI is InChI=1S/C12H14O3/c1-3-9(4-2)15-11-8-6-5-7-10(11)12(13)14/h3,5-8H,4H2,1-2H3,(H,13,14). The Morgan fingerprint density at radius 3 is 2.67 bits per heavy atom. The Morgan fingerprint density at radius 1 is 1.47 bits per heavy atom. The Bertz CT molecular complexity index is 380. The van der Waals surface area contributed by atoms with Crippen LogP contribution in [0.4, 0.5) is 0 Å². The number of ether oxygens (including phenoxy) is 1. The molecule has 3 nitrogen and oxygen atoms in total. The van der Waals surface area contributed by atoms with Crippen molar-refractivity contribution < 1.29 is 14.6 Å². The van der Waals surface area contributed by atoms with Gasteiger partial charge in [-0.3, -0.25) is 0 Å². The summed E-state index contributed by atoms with van der Waals surface area (Å²) in [6.45, 7) is 3.82. The van der Waals surface area contributed by atoms with Crippen molar-refractivity contribution in [1.82, 2.24) is 0 Å². The van der Waals surface area contributed by atoms with Crippen molar-refractivity contribution in [3.63, 3.8) is 0 Å². The number of para-hydroxylation sites is 1. The van der Waals surface area contributed by atoms with Crippen LogP contribution in [0.15, 0.2) is 36.1 Å². The van der Waals surface area contributed by atoms with Gasteiger partial charge in [-0.1, -0.05) is 19.1 Å². The summed E-state index contributed by atoms with van der Waals surface area (Å²) >= 11 is 0. The SMILES string of the molecule is CC=C(CC)Oc1ccccc1C(=O)O. The van der Waals surface area contributed by atoms with E-state index >= 15 is 0 Å². The molecule has 0 aromatic heterocycles. The van der Waals surface area contributed by atoms with E-state index < -0.39 is 5.97 Å². The van der Waals surface area contributed by atoms with Crippen LogP contribution in [0.3, 0.4) is 0 Å². The first-order valence-corrected chi connectivity index (χ1v) is 4.84. The van der Waals surface area contributed by atoms with Crippen molar-refractivity contribution in [2.75, 3.05) is 0 Å². The highest BCUT2D eigenvalue weighted by atomic mass is 16.5. The molecule has 0 radical (unpaired) electrons. The Kier molecular flexibility index (Phi) is 3.92. The summed E-state index contributed by atoms with van der Waals surface area (Å²) in [6, 6.07) is 6.62. The molecule has 0 amide bonds. The van der Waals surface area contributed by atoms with Gasteiger partial charge in [0.15, 0.2) is 0 Å². The molecule has 0 aliphatic rings. The summed E-state index contributed by atoms with van der Waals surface area (Å²) in [6.07, 6.45) is 2.57. The van der Waals surface area contributed by atoms with Crippen molar-refractivity contribution in [3.05, 3.63) is 41.7 Å². The number of carboxylic acids is 1. The average Bonchev–Trinajstić information content (AvgIpc) is 2.26. The maximum absolute atomic E-state index is 10.9. The molecule has 0 saturated heterocycles. The molecule has 0 fully saturated rings. The van der Waals surface area contributed by atoms with E-state index in [1.54, 1.807) is 18.2 Å². The Morgan fingerprint density at radius 2 is 2.13 bits per heavy atom. The highest BCUT2D eigenvalue weighted by Crippen LogP contribution is 2.21. The summed E-state index contributed by atoms with van der Waals surface area (Å²) in [5.41, 5.74) is 0.185. The molecule has 0 aliphatic heterocycles. The van der Waals surface area contributed by atoms with Gasteiger partial charge >= 0.3 is 5.97 Å². The van der Waals surface area contributed by atoms with Gasteiger partial charge in [0.05, 0.1) is 5.76 Å². The van der Waals surface area contributed by atoms with E-state index in [1.165, 1.54) is 6.07 Å². The molecule has 1 rings (SSSR count). The van der Waals surface area contributed by atoms with E-state index in [2.05, 4.69) is 0 Å². The number of hydrogen-bond donors (Lipinski definition) is 1. The molecule has 0 unspecified atom stereocenters. The lowest BCUT2D eigenvalue weighted by atomic mass is 10.2. The van der Waals surface area contributed by atoms with Crippen LogP contribution >= 0.6 is 0 Å². The third kappa shape index (κ3) is 2.84. The molecular weight excluding hydrogens is 192 g/mol. The predicted octanol–water partition coefficient (Wildman–Crippen LogP) is 3.08. The highest BCUT2D eigenvalue weighted by Gasteiger charge is 2.10. The van der Waals surface area contributed by atoms with E-state index in [4.69, 9.17) is 9.84 Å². The Labute approximate surface area is 89.0 Å². The van der Waals surface area contributed by atoms with Crippen molar-refractivity contribution in [3.8, 4) is 5.75 Å². The van der Waals surface area contributed by atoms with E-state index in [-0.39, 0.29) is 5.56 Å². The first kappa shape index (κ1) is 11.3. The summed E-state index contributed by atoms with van der Waals surface area (Å²) < 4.78 is 5.49. The Balaban J connectivity index is 2.99. The Hall–Kier alpha value is -1.77. The van der Waals surface area contributed by atoms with Gasteiger partial charge in [-0.05, 0) is 25.1 Å². The minimum Gasteiger partial charge on any atom is -0.478 e. The van der Waals surface area contributed by atoms with Crippen LogP contribution in [-0.4, -0.2) is 11.1 Å². The quantitative estimate of drug-likeness (QED) is 0.770. The zero-order valence-corrected chi connectivity index (χ0v) is 8.86. The van der Waals surface area contributed by atoms with Crippen LogP contribution in [0, 0.1) is 0 Å². The third-order valence-corrected chi connectivity index (χ3v) is 2.03. The van der Waals surface area contributed by atoms with Gasteiger partial charge in [-0.2, -0.15) is 0 Å². The van der Waals surface area contributed by atoms with Gasteiger partial charge in [0.1, 0.15) is 11.3 Å². The second-order valence-corrected chi connectivity index (χ2v) is 3.01. The first-order chi connectivity index (χ1) is 7.19. The lowest BCUT2D eigenvalue weighted by molar-refractivity contribution is 0.0693. The molecular formula is C12H14O3. The maximum atomic E-state index is 10.9. The highest BCUT2D eigenvalue weighted by molar-refractivity contribution is 5.90. The van der Waals surface area contributed by atoms with Gasteiger partial charge in [0.2, 0.25) is 0 Å². The van der Waals surface area contributed by atoms with Gasteiger partial charge in [0, 0.05) is 6.42 Å². The molecule has 80 valence electrons. The van der Waals surface area contributed by atoms with E-state index in [0.717, 1.165) is 12.2 Å². The van der Waals surface area contributed by atoms with Crippen molar-refractivity contribution in [2.24, 2.45) is 0 Å². The minimum atomic E-state index is -0.975. The van der Waals surface area contributed by atoms with Crippen LogP contribution < -0.4 is 4.74 Å². The number of rotatable bonds is 4. The van der Waals surface area contributed by atoms with Gasteiger partial charge in [-0.25, -0.2) is 4.79 Å². The summed E-state index contributed by atoms with van der Waals surface area (Å²) in [5, 5.41) is 8.92. The van der Waals surface area contributed by atoms with Crippen LogP contribution in [0.5, 0.6) is 5.75 Å². The smallest absolute Gasteiger partial charge is 0.339 e. The molecule has 0 bridgehead atoms. The largest absolute Gasteiger partial charge is 0.478 e. The summed E-state index contributed by atoms with van der Waals surface area (Å²) in [7, 11) is 0.